The van der Waals surface area contributed by atoms with Gasteiger partial charge < -0.3 is 20.9 Å². The molecule has 2 aromatic heterocycles. The highest BCUT2D eigenvalue weighted by molar-refractivity contribution is 6.00. The Labute approximate surface area is 177 Å². The van der Waals surface area contributed by atoms with Gasteiger partial charge in [-0.05, 0) is 19.1 Å². The van der Waals surface area contributed by atoms with Crippen LogP contribution in [0.1, 0.15) is 28.5 Å². The van der Waals surface area contributed by atoms with Gasteiger partial charge in [-0.1, -0.05) is 12.7 Å². The summed E-state index contributed by atoms with van der Waals surface area (Å²) in [6, 6.07) is 2.49. The van der Waals surface area contributed by atoms with E-state index in [4.69, 9.17) is 10.5 Å². The number of nitrogen functional groups attached to an aromatic ring is 1. The van der Waals surface area contributed by atoms with E-state index in [-0.39, 0.29) is 11.4 Å². The van der Waals surface area contributed by atoms with Gasteiger partial charge in [-0.15, -0.1) is 0 Å². The number of hydrogen-bond donors (Lipinski definition) is 3. The molecule has 0 aliphatic carbocycles. The Morgan fingerprint density at radius 1 is 1.31 bits per heavy atom. The number of nitrogens with one attached hydrogen (secondary N) is 1. The van der Waals surface area contributed by atoms with Gasteiger partial charge in [0.2, 0.25) is 5.88 Å². The van der Waals surface area contributed by atoms with Gasteiger partial charge in [0, 0.05) is 11.8 Å². The number of ether oxygens (including phenoxy) is 1. The highest BCUT2D eigenvalue weighted by atomic mass is 19.4. The van der Waals surface area contributed by atoms with Crippen LogP contribution in [-0.2, 0) is 6.18 Å². The largest absolute Gasteiger partial charge is 0.481 e. The molecule has 2 aromatic rings. The number of alkyl halides is 6. The number of methoxy groups -OCH3 is 1. The van der Waals surface area contributed by atoms with Crippen LogP contribution >= 0.6 is 0 Å². The fraction of sp³-hybridized carbons (Fsp3) is 0.316. The first-order chi connectivity index (χ1) is 14.7. The highest BCUT2D eigenvalue weighted by Crippen LogP contribution is 2.43. The molecule has 0 fully saturated rings. The van der Waals surface area contributed by atoms with Crippen LogP contribution in [0.5, 0.6) is 5.88 Å². The van der Waals surface area contributed by atoms with E-state index in [9.17, 15) is 36.2 Å². The molecule has 0 radical (unpaired) electrons. The van der Waals surface area contributed by atoms with Gasteiger partial charge >= 0.3 is 12.4 Å². The lowest BCUT2D eigenvalue weighted by Gasteiger charge is -2.26. The molecule has 0 saturated heterocycles. The fourth-order valence-electron chi connectivity index (χ4n) is 2.65. The number of carbonyl (C=O) groups excluding carboxylic acids is 1. The van der Waals surface area contributed by atoms with Crippen molar-refractivity contribution in [1.82, 2.24) is 15.3 Å². The van der Waals surface area contributed by atoms with E-state index < -0.39 is 58.6 Å². The van der Waals surface area contributed by atoms with Gasteiger partial charge in [-0.2, -0.15) is 26.3 Å². The maximum absolute atomic E-state index is 13.9. The quantitative estimate of drug-likeness (QED) is 0.565. The number of hydrogen-bond acceptors (Lipinski definition) is 6. The molecule has 4 N–H and O–H groups in total. The first-order valence-electron chi connectivity index (χ1n) is 8.75. The van der Waals surface area contributed by atoms with Gasteiger partial charge in [0.05, 0.1) is 36.2 Å². The molecule has 1 unspecified atom stereocenters. The van der Waals surface area contributed by atoms with Gasteiger partial charge in [0.25, 0.3) is 5.91 Å². The maximum Gasteiger partial charge on any atom is 0.419 e. The van der Waals surface area contributed by atoms with Crippen LogP contribution in [0.15, 0.2) is 24.9 Å². The summed E-state index contributed by atoms with van der Waals surface area (Å²) in [6.07, 6.45) is -8.10. The van der Waals surface area contributed by atoms with Crippen molar-refractivity contribution in [1.29, 1.82) is 0 Å². The molecule has 0 aliphatic heterocycles. The van der Waals surface area contributed by atoms with E-state index in [1.165, 1.54) is 18.3 Å². The van der Waals surface area contributed by atoms with Gasteiger partial charge in [0.1, 0.15) is 0 Å². The van der Waals surface area contributed by atoms with Crippen molar-refractivity contribution in [2.75, 3.05) is 19.4 Å². The Morgan fingerprint density at radius 3 is 2.44 bits per heavy atom. The molecule has 13 heteroatoms. The predicted molar refractivity (Wildman–Crippen MR) is 103 cm³/mol. The lowest BCUT2D eigenvalue weighted by Crippen LogP contribution is -2.51. The van der Waals surface area contributed by atoms with Crippen molar-refractivity contribution in [2.45, 2.75) is 24.9 Å². The zero-order valence-electron chi connectivity index (χ0n) is 16.7. The third-order valence-corrected chi connectivity index (χ3v) is 4.40. The standard InChI is InChI=1S/C19H18F6N4O3/c1-4-9-11(18(20,21)22)13(10-6-5-7-27-16(10)32-3)29-14(12(9)26)15(30)28-8-17(2,31)19(23,24)25/h4-7,31H,1,8,26H2,2-3H3,(H,28,30). The van der Waals surface area contributed by atoms with Crippen LogP contribution < -0.4 is 15.8 Å². The minimum absolute atomic E-state index is 0.248. The second kappa shape index (κ2) is 8.65. The van der Waals surface area contributed by atoms with Gasteiger partial charge in [-0.3, -0.25) is 4.79 Å². The molecule has 0 spiro atoms. The van der Waals surface area contributed by atoms with Crippen LogP contribution in [0.25, 0.3) is 17.3 Å². The Bertz CT molecular complexity index is 1030. The van der Waals surface area contributed by atoms with Crippen LogP contribution in [0.2, 0.25) is 0 Å². The molecular weight excluding hydrogens is 446 g/mol. The molecule has 2 heterocycles. The second-order valence-corrected chi connectivity index (χ2v) is 6.73. The van der Waals surface area contributed by atoms with Crippen LogP contribution in [0, 0.1) is 0 Å². The number of nitrogens with zero attached hydrogens (tertiary/aromatic N) is 2. The highest BCUT2D eigenvalue weighted by Gasteiger charge is 2.50. The maximum atomic E-state index is 13.9. The number of nitrogens with two attached hydrogens (primary N) is 1. The topological polar surface area (TPSA) is 110 Å². The number of halogens is 6. The van der Waals surface area contributed by atoms with E-state index in [2.05, 4.69) is 16.5 Å². The number of pyridine rings is 2. The van der Waals surface area contributed by atoms with E-state index in [1.54, 1.807) is 5.32 Å². The second-order valence-electron chi connectivity index (χ2n) is 6.73. The van der Waals surface area contributed by atoms with Crippen molar-refractivity contribution in [3.8, 4) is 17.1 Å². The first-order valence-corrected chi connectivity index (χ1v) is 8.75. The molecule has 0 aliphatic rings. The van der Waals surface area contributed by atoms with Crippen molar-refractivity contribution in [3.05, 3.63) is 41.7 Å². The Kier molecular flexibility index (Phi) is 6.73. The number of carbonyl (C=O) groups is 1. The number of amides is 1. The zero-order valence-corrected chi connectivity index (χ0v) is 16.7. The molecule has 0 bridgehead atoms. The first kappa shape index (κ1) is 24.9. The molecule has 1 atom stereocenters. The zero-order chi connectivity index (χ0) is 24.5. The average Bonchev–Trinajstić information content (AvgIpc) is 2.70. The summed E-state index contributed by atoms with van der Waals surface area (Å²) in [4.78, 5) is 20.0. The van der Waals surface area contributed by atoms with Crippen LogP contribution in [-0.4, -0.2) is 46.4 Å². The number of aromatic nitrogens is 2. The molecule has 0 saturated carbocycles. The molecule has 2 rings (SSSR count). The van der Waals surface area contributed by atoms with Gasteiger partial charge in [-0.25, -0.2) is 9.97 Å². The predicted octanol–water partition coefficient (Wildman–Crippen LogP) is 3.44. The Morgan fingerprint density at radius 2 is 1.94 bits per heavy atom. The molecular formula is C19H18F6N4O3. The molecule has 7 nitrogen and oxygen atoms in total. The lowest BCUT2D eigenvalue weighted by molar-refractivity contribution is -0.249. The third-order valence-electron chi connectivity index (χ3n) is 4.40. The summed E-state index contributed by atoms with van der Waals surface area (Å²) in [5.74, 6) is -1.59. The fourth-order valence-corrected chi connectivity index (χ4v) is 2.65. The van der Waals surface area contributed by atoms with Gasteiger partial charge in [0.15, 0.2) is 11.3 Å². The smallest absolute Gasteiger partial charge is 0.419 e. The monoisotopic (exact) mass is 464 g/mol. The van der Waals surface area contributed by atoms with E-state index in [0.717, 1.165) is 13.2 Å². The number of rotatable bonds is 6. The summed E-state index contributed by atoms with van der Waals surface area (Å²) < 4.78 is 85.2. The summed E-state index contributed by atoms with van der Waals surface area (Å²) in [6.45, 7) is 2.40. The minimum atomic E-state index is -5.08. The number of anilines is 1. The molecule has 174 valence electrons. The van der Waals surface area contributed by atoms with Crippen LogP contribution in [0.4, 0.5) is 32.0 Å². The van der Waals surface area contributed by atoms with Crippen molar-refractivity contribution >= 4 is 17.7 Å². The minimum Gasteiger partial charge on any atom is -0.481 e. The van der Waals surface area contributed by atoms with E-state index >= 15 is 0 Å². The molecule has 1 amide bonds. The van der Waals surface area contributed by atoms with Crippen molar-refractivity contribution in [2.24, 2.45) is 0 Å². The molecule has 32 heavy (non-hydrogen) atoms. The Balaban J connectivity index is 2.71. The van der Waals surface area contributed by atoms with Crippen molar-refractivity contribution < 1.29 is 41.0 Å². The summed E-state index contributed by atoms with van der Waals surface area (Å²) >= 11 is 0. The Hall–Kier alpha value is -3.35. The lowest BCUT2D eigenvalue weighted by atomic mass is 9.97. The van der Waals surface area contributed by atoms with Crippen molar-refractivity contribution in [3.63, 3.8) is 0 Å². The van der Waals surface area contributed by atoms with Crippen LogP contribution in [0.3, 0.4) is 0 Å². The summed E-state index contributed by atoms with van der Waals surface area (Å²) in [7, 11) is 1.15. The SMILES string of the molecule is C=Cc1c(N)c(C(=O)NCC(C)(O)C(F)(F)F)nc(-c2cccnc2OC)c1C(F)(F)F. The average molecular weight is 464 g/mol. The van der Waals surface area contributed by atoms with E-state index in [0.29, 0.717) is 6.92 Å². The summed E-state index contributed by atoms with van der Waals surface area (Å²) in [5.41, 5.74) is -2.24. The normalized spacial score (nSPS) is 13.9. The third kappa shape index (κ3) is 4.77. The summed E-state index contributed by atoms with van der Waals surface area (Å²) in [5, 5.41) is 11.3. The molecule has 0 aromatic carbocycles. The number of aliphatic hydroxyl groups is 1. The van der Waals surface area contributed by atoms with E-state index in [1.807, 2.05) is 0 Å².